The standard InChI is InChI=1S/C16H16ClN3OS/c1-10(2)9-21-12-5-3-11(4-6-12)18-14-13-7-8-22-15(13)20-16(17)19-14/h3-8,10H,9H2,1-2H3,(H,18,19,20). The Kier molecular flexibility index (Phi) is 4.45. The summed E-state index contributed by atoms with van der Waals surface area (Å²) in [6, 6.07) is 9.79. The van der Waals surface area contributed by atoms with Gasteiger partial charge in [0.2, 0.25) is 5.28 Å². The molecule has 0 saturated carbocycles. The maximum atomic E-state index is 5.97. The molecule has 6 heteroatoms. The average molecular weight is 334 g/mol. The molecule has 0 bridgehead atoms. The minimum atomic E-state index is 0.245. The number of ether oxygens (including phenoxy) is 1. The largest absolute Gasteiger partial charge is 0.493 e. The summed E-state index contributed by atoms with van der Waals surface area (Å²) in [6.45, 7) is 4.96. The van der Waals surface area contributed by atoms with Crippen LogP contribution in [0.15, 0.2) is 35.7 Å². The molecule has 0 fully saturated rings. The van der Waals surface area contributed by atoms with Gasteiger partial charge in [0, 0.05) is 5.69 Å². The number of fused-ring (bicyclic) bond motifs is 1. The Bertz CT molecular complexity index is 771. The van der Waals surface area contributed by atoms with Crippen LogP contribution in [-0.2, 0) is 0 Å². The van der Waals surface area contributed by atoms with Crippen molar-refractivity contribution in [3.63, 3.8) is 0 Å². The van der Waals surface area contributed by atoms with Gasteiger partial charge in [0.25, 0.3) is 0 Å². The van der Waals surface area contributed by atoms with Crippen molar-refractivity contribution in [2.24, 2.45) is 5.92 Å². The Balaban J connectivity index is 1.78. The van der Waals surface area contributed by atoms with Crippen LogP contribution in [-0.4, -0.2) is 16.6 Å². The second-order valence-corrected chi connectivity index (χ2v) is 6.57. The topological polar surface area (TPSA) is 47.0 Å². The van der Waals surface area contributed by atoms with E-state index in [-0.39, 0.29) is 5.28 Å². The molecule has 0 spiro atoms. The molecular formula is C16H16ClN3OS. The molecule has 1 aromatic carbocycles. The van der Waals surface area contributed by atoms with Crippen LogP contribution in [0.2, 0.25) is 5.28 Å². The van der Waals surface area contributed by atoms with Crippen LogP contribution >= 0.6 is 22.9 Å². The Morgan fingerprint density at radius 2 is 1.95 bits per heavy atom. The molecular weight excluding hydrogens is 318 g/mol. The highest BCUT2D eigenvalue weighted by Crippen LogP contribution is 2.29. The van der Waals surface area contributed by atoms with Crippen molar-refractivity contribution in [1.29, 1.82) is 0 Å². The van der Waals surface area contributed by atoms with Gasteiger partial charge < -0.3 is 10.1 Å². The van der Waals surface area contributed by atoms with Crippen LogP contribution in [0.5, 0.6) is 5.75 Å². The molecule has 0 saturated heterocycles. The molecule has 0 unspecified atom stereocenters. The lowest BCUT2D eigenvalue weighted by Crippen LogP contribution is -2.04. The number of thiophene rings is 1. The van der Waals surface area contributed by atoms with Gasteiger partial charge in [-0.25, -0.2) is 4.98 Å². The fourth-order valence-corrected chi connectivity index (χ4v) is 2.94. The molecule has 4 nitrogen and oxygen atoms in total. The van der Waals surface area contributed by atoms with Crippen LogP contribution in [0, 0.1) is 5.92 Å². The monoisotopic (exact) mass is 333 g/mol. The quantitative estimate of drug-likeness (QED) is 0.658. The van der Waals surface area contributed by atoms with Crippen molar-refractivity contribution in [2.45, 2.75) is 13.8 Å². The second-order valence-electron chi connectivity index (χ2n) is 5.33. The Labute approximate surface area is 138 Å². The number of halogens is 1. The molecule has 0 amide bonds. The predicted octanol–water partition coefficient (Wildman–Crippen LogP) is 5.12. The maximum Gasteiger partial charge on any atom is 0.225 e. The van der Waals surface area contributed by atoms with Crippen LogP contribution in [0.3, 0.4) is 0 Å². The van der Waals surface area contributed by atoms with Crippen LogP contribution in [0.4, 0.5) is 11.5 Å². The molecule has 1 N–H and O–H groups in total. The fourth-order valence-electron chi connectivity index (χ4n) is 1.96. The number of hydrogen-bond acceptors (Lipinski definition) is 5. The first kappa shape index (κ1) is 15.1. The lowest BCUT2D eigenvalue weighted by molar-refractivity contribution is 0.271. The fraction of sp³-hybridized carbons (Fsp3) is 0.250. The third kappa shape index (κ3) is 3.48. The van der Waals surface area contributed by atoms with Gasteiger partial charge in [-0.15, -0.1) is 11.3 Å². The van der Waals surface area contributed by atoms with E-state index in [9.17, 15) is 0 Å². The lowest BCUT2D eigenvalue weighted by atomic mass is 10.2. The number of rotatable bonds is 5. The zero-order valence-electron chi connectivity index (χ0n) is 12.3. The van der Waals surface area contributed by atoms with Gasteiger partial charge in [0.05, 0.1) is 12.0 Å². The highest BCUT2D eigenvalue weighted by atomic mass is 35.5. The summed E-state index contributed by atoms with van der Waals surface area (Å²) in [5.74, 6) is 2.08. The lowest BCUT2D eigenvalue weighted by Gasteiger charge is -2.10. The van der Waals surface area contributed by atoms with Gasteiger partial charge in [0.15, 0.2) is 0 Å². The molecule has 3 rings (SSSR count). The number of anilines is 2. The van der Waals surface area contributed by atoms with E-state index in [1.807, 2.05) is 35.7 Å². The van der Waals surface area contributed by atoms with Crippen molar-refractivity contribution in [2.75, 3.05) is 11.9 Å². The summed E-state index contributed by atoms with van der Waals surface area (Å²) in [6.07, 6.45) is 0. The third-order valence-electron chi connectivity index (χ3n) is 3.00. The predicted molar refractivity (Wildman–Crippen MR) is 92.5 cm³/mol. The highest BCUT2D eigenvalue weighted by Gasteiger charge is 2.08. The minimum absolute atomic E-state index is 0.245. The first-order chi connectivity index (χ1) is 10.6. The zero-order chi connectivity index (χ0) is 15.5. The van der Waals surface area contributed by atoms with Gasteiger partial charge in [-0.2, -0.15) is 4.98 Å². The van der Waals surface area contributed by atoms with Crippen molar-refractivity contribution in [3.8, 4) is 5.75 Å². The number of benzene rings is 1. The molecule has 2 heterocycles. The van der Waals surface area contributed by atoms with Crippen molar-refractivity contribution in [1.82, 2.24) is 9.97 Å². The number of aromatic nitrogens is 2. The van der Waals surface area contributed by atoms with Crippen LogP contribution in [0.25, 0.3) is 10.2 Å². The summed E-state index contributed by atoms with van der Waals surface area (Å²) in [7, 11) is 0. The maximum absolute atomic E-state index is 5.97. The van der Waals surface area contributed by atoms with Crippen LogP contribution < -0.4 is 10.1 Å². The van der Waals surface area contributed by atoms with Gasteiger partial charge >= 0.3 is 0 Å². The molecule has 2 aromatic heterocycles. The van der Waals surface area contributed by atoms with E-state index in [0.717, 1.165) is 21.7 Å². The Hall–Kier alpha value is -1.85. The second kappa shape index (κ2) is 6.50. The number of hydrogen-bond donors (Lipinski definition) is 1. The summed E-state index contributed by atoms with van der Waals surface area (Å²) < 4.78 is 5.68. The van der Waals surface area contributed by atoms with Crippen molar-refractivity contribution < 1.29 is 4.74 Å². The van der Waals surface area contributed by atoms with E-state index >= 15 is 0 Å². The molecule has 0 atom stereocenters. The minimum Gasteiger partial charge on any atom is -0.493 e. The molecule has 22 heavy (non-hydrogen) atoms. The summed E-state index contributed by atoms with van der Waals surface area (Å²) in [5.41, 5.74) is 0.930. The number of nitrogens with zero attached hydrogens (tertiary/aromatic N) is 2. The van der Waals surface area contributed by atoms with E-state index in [4.69, 9.17) is 16.3 Å². The molecule has 0 aliphatic carbocycles. The van der Waals surface area contributed by atoms with Gasteiger partial charge in [-0.05, 0) is 53.2 Å². The van der Waals surface area contributed by atoms with E-state index in [2.05, 4.69) is 29.1 Å². The van der Waals surface area contributed by atoms with Gasteiger partial charge in [0.1, 0.15) is 16.4 Å². The van der Waals surface area contributed by atoms with Crippen molar-refractivity contribution in [3.05, 3.63) is 41.0 Å². The SMILES string of the molecule is CC(C)COc1ccc(Nc2nc(Cl)nc3sccc23)cc1. The van der Waals surface area contributed by atoms with E-state index in [1.54, 1.807) is 11.3 Å². The molecule has 114 valence electrons. The zero-order valence-corrected chi connectivity index (χ0v) is 13.9. The Morgan fingerprint density at radius 1 is 1.18 bits per heavy atom. The van der Waals surface area contributed by atoms with Gasteiger partial charge in [-0.1, -0.05) is 13.8 Å². The first-order valence-electron chi connectivity index (χ1n) is 7.02. The number of nitrogens with one attached hydrogen (secondary N) is 1. The summed E-state index contributed by atoms with van der Waals surface area (Å²) in [4.78, 5) is 9.35. The Morgan fingerprint density at radius 3 is 2.68 bits per heavy atom. The molecule has 0 radical (unpaired) electrons. The highest BCUT2D eigenvalue weighted by molar-refractivity contribution is 7.16. The van der Waals surface area contributed by atoms with Crippen molar-refractivity contribution >= 4 is 44.7 Å². The molecule has 0 aliphatic rings. The molecule has 3 aromatic rings. The third-order valence-corrected chi connectivity index (χ3v) is 3.97. The normalized spacial score (nSPS) is 11.1. The molecule has 0 aliphatic heterocycles. The average Bonchev–Trinajstić information content (AvgIpc) is 2.94. The van der Waals surface area contributed by atoms with E-state index in [1.165, 1.54) is 0 Å². The summed E-state index contributed by atoms with van der Waals surface area (Å²) in [5, 5.41) is 6.47. The summed E-state index contributed by atoms with van der Waals surface area (Å²) >= 11 is 7.51. The van der Waals surface area contributed by atoms with E-state index in [0.29, 0.717) is 18.3 Å². The van der Waals surface area contributed by atoms with E-state index < -0.39 is 0 Å². The smallest absolute Gasteiger partial charge is 0.225 e. The van der Waals surface area contributed by atoms with Gasteiger partial charge in [-0.3, -0.25) is 0 Å². The first-order valence-corrected chi connectivity index (χ1v) is 8.28. The van der Waals surface area contributed by atoms with Crippen LogP contribution in [0.1, 0.15) is 13.8 Å².